The molecule has 1 aliphatic heterocycles. The summed E-state index contributed by atoms with van der Waals surface area (Å²) in [5.41, 5.74) is -0.732. The molecule has 0 aromatic heterocycles. The molecule has 4 heteroatoms. The topological polar surface area (TPSA) is 52.6 Å². The second kappa shape index (κ2) is 6.23. The maximum atomic E-state index is 11.4. The number of nitrogens with zero attached hydrogens (tertiary/aromatic N) is 1. The van der Waals surface area contributed by atoms with Crippen LogP contribution in [0.3, 0.4) is 0 Å². The molecule has 0 aromatic carbocycles. The van der Waals surface area contributed by atoms with Gasteiger partial charge in [0.05, 0.1) is 0 Å². The minimum absolute atomic E-state index is 0.442. The minimum atomic E-state index is -0.732. The van der Waals surface area contributed by atoms with E-state index in [0.717, 1.165) is 38.1 Å². The molecule has 0 aromatic rings. The van der Waals surface area contributed by atoms with E-state index < -0.39 is 11.5 Å². The average molecular weight is 268 g/mol. The number of hydrogen-bond donors (Lipinski definition) is 2. The first-order chi connectivity index (χ1) is 8.99. The largest absolute Gasteiger partial charge is 0.480 e. The van der Waals surface area contributed by atoms with Crippen molar-refractivity contribution in [3.05, 3.63) is 0 Å². The first-order valence-electron chi connectivity index (χ1n) is 7.73. The van der Waals surface area contributed by atoms with Gasteiger partial charge in [0.15, 0.2) is 0 Å². The Morgan fingerprint density at radius 1 is 1.32 bits per heavy atom. The number of piperidine rings is 1. The lowest BCUT2D eigenvalue weighted by Gasteiger charge is -2.32. The van der Waals surface area contributed by atoms with Gasteiger partial charge in [0.1, 0.15) is 5.54 Å². The van der Waals surface area contributed by atoms with Gasteiger partial charge >= 0.3 is 5.97 Å². The first kappa shape index (κ1) is 14.8. The summed E-state index contributed by atoms with van der Waals surface area (Å²) in [6.07, 6.45) is 6.54. The number of likely N-dealkylation sites (tertiary alicyclic amines) is 1. The summed E-state index contributed by atoms with van der Waals surface area (Å²) in [4.78, 5) is 13.9. The molecule has 1 aliphatic carbocycles. The van der Waals surface area contributed by atoms with Crippen LogP contribution in [0.15, 0.2) is 0 Å². The molecule has 2 aliphatic rings. The fraction of sp³-hybridized carbons (Fsp3) is 0.933. The van der Waals surface area contributed by atoms with Crippen molar-refractivity contribution in [3.8, 4) is 0 Å². The van der Waals surface area contributed by atoms with Crippen molar-refractivity contribution >= 4 is 5.97 Å². The van der Waals surface area contributed by atoms with Crippen LogP contribution >= 0.6 is 0 Å². The molecule has 19 heavy (non-hydrogen) atoms. The molecule has 4 nitrogen and oxygen atoms in total. The standard InChI is InChI=1S/C15H28N2O2/c1-12-6-10-17(11-7-12)9-3-8-15(2,14(18)19)16-13-4-5-13/h12-13,16H,3-11H2,1-2H3,(H,18,19). The third-order valence-corrected chi connectivity index (χ3v) is 4.60. The molecule has 2 rings (SSSR count). The monoisotopic (exact) mass is 268 g/mol. The number of aliphatic carboxylic acids is 1. The van der Waals surface area contributed by atoms with Gasteiger partial charge < -0.3 is 10.0 Å². The third-order valence-electron chi connectivity index (χ3n) is 4.60. The Balaban J connectivity index is 1.71. The van der Waals surface area contributed by atoms with E-state index >= 15 is 0 Å². The Kier molecular flexibility index (Phi) is 4.85. The van der Waals surface area contributed by atoms with Gasteiger partial charge in [-0.05, 0) is 71.0 Å². The summed E-state index contributed by atoms with van der Waals surface area (Å²) in [6.45, 7) is 7.56. The molecule has 1 saturated heterocycles. The molecule has 2 fully saturated rings. The molecule has 1 saturated carbocycles. The molecule has 0 spiro atoms. The van der Waals surface area contributed by atoms with Gasteiger partial charge in [-0.2, -0.15) is 0 Å². The number of hydrogen-bond acceptors (Lipinski definition) is 3. The van der Waals surface area contributed by atoms with Crippen molar-refractivity contribution in [2.75, 3.05) is 19.6 Å². The number of nitrogens with one attached hydrogen (secondary N) is 1. The van der Waals surface area contributed by atoms with Crippen LogP contribution < -0.4 is 5.32 Å². The van der Waals surface area contributed by atoms with Gasteiger partial charge in [-0.1, -0.05) is 6.92 Å². The zero-order valence-electron chi connectivity index (χ0n) is 12.3. The minimum Gasteiger partial charge on any atom is -0.480 e. The third kappa shape index (κ3) is 4.46. The van der Waals surface area contributed by atoms with Crippen molar-refractivity contribution in [2.24, 2.45) is 5.92 Å². The zero-order chi connectivity index (χ0) is 13.9. The maximum Gasteiger partial charge on any atom is 0.323 e. The Bertz CT molecular complexity index is 309. The van der Waals surface area contributed by atoms with Crippen molar-refractivity contribution in [1.29, 1.82) is 0 Å². The SMILES string of the molecule is CC1CCN(CCCC(C)(NC2CC2)C(=O)O)CC1. The molecule has 110 valence electrons. The molecule has 1 unspecified atom stereocenters. The quantitative estimate of drug-likeness (QED) is 0.742. The van der Waals surface area contributed by atoms with Gasteiger partial charge in [0.2, 0.25) is 0 Å². The van der Waals surface area contributed by atoms with Crippen LogP contribution in [-0.2, 0) is 4.79 Å². The van der Waals surface area contributed by atoms with E-state index in [0.29, 0.717) is 6.04 Å². The zero-order valence-corrected chi connectivity index (χ0v) is 12.3. The highest BCUT2D eigenvalue weighted by Crippen LogP contribution is 2.25. The molecular formula is C15H28N2O2. The van der Waals surface area contributed by atoms with E-state index in [9.17, 15) is 9.90 Å². The van der Waals surface area contributed by atoms with E-state index in [-0.39, 0.29) is 0 Å². The van der Waals surface area contributed by atoms with Gasteiger partial charge in [0, 0.05) is 6.04 Å². The highest BCUT2D eigenvalue weighted by Gasteiger charge is 2.38. The van der Waals surface area contributed by atoms with Crippen molar-refractivity contribution < 1.29 is 9.90 Å². The molecule has 1 heterocycles. The molecule has 0 bridgehead atoms. The predicted molar refractivity (Wildman–Crippen MR) is 76.3 cm³/mol. The fourth-order valence-electron chi connectivity index (χ4n) is 2.86. The summed E-state index contributed by atoms with van der Waals surface area (Å²) in [5.74, 6) is 0.156. The number of carboxylic acids is 1. The Labute approximate surface area is 116 Å². The van der Waals surface area contributed by atoms with Crippen LogP contribution in [0.4, 0.5) is 0 Å². The molecule has 0 amide bonds. The summed E-state index contributed by atoms with van der Waals surface area (Å²) in [5, 5.41) is 12.7. The lowest BCUT2D eigenvalue weighted by Crippen LogP contribution is -2.51. The average Bonchev–Trinajstić information content (AvgIpc) is 3.15. The van der Waals surface area contributed by atoms with Crippen LogP contribution in [0.25, 0.3) is 0 Å². The van der Waals surface area contributed by atoms with Crippen LogP contribution in [0, 0.1) is 5.92 Å². The maximum absolute atomic E-state index is 11.4. The van der Waals surface area contributed by atoms with Crippen LogP contribution in [0.5, 0.6) is 0 Å². The Morgan fingerprint density at radius 3 is 2.47 bits per heavy atom. The van der Waals surface area contributed by atoms with Gasteiger partial charge in [-0.3, -0.25) is 10.1 Å². The summed E-state index contributed by atoms with van der Waals surface area (Å²) in [6, 6.07) is 0.442. The van der Waals surface area contributed by atoms with Crippen molar-refractivity contribution in [3.63, 3.8) is 0 Å². The van der Waals surface area contributed by atoms with Crippen molar-refractivity contribution in [1.82, 2.24) is 10.2 Å². The van der Waals surface area contributed by atoms with E-state index in [2.05, 4.69) is 17.1 Å². The lowest BCUT2D eigenvalue weighted by atomic mass is 9.94. The van der Waals surface area contributed by atoms with E-state index in [1.165, 1.54) is 25.9 Å². The summed E-state index contributed by atoms with van der Waals surface area (Å²) < 4.78 is 0. The van der Waals surface area contributed by atoms with E-state index in [4.69, 9.17) is 0 Å². The van der Waals surface area contributed by atoms with Gasteiger partial charge in [0.25, 0.3) is 0 Å². The predicted octanol–water partition coefficient (Wildman–Crippen LogP) is 2.09. The van der Waals surface area contributed by atoms with E-state index in [1.807, 2.05) is 6.92 Å². The highest BCUT2D eigenvalue weighted by molar-refractivity contribution is 5.78. The van der Waals surface area contributed by atoms with Gasteiger partial charge in [-0.15, -0.1) is 0 Å². The van der Waals surface area contributed by atoms with Gasteiger partial charge in [-0.25, -0.2) is 0 Å². The van der Waals surface area contributed by atoms with Crippen LogP contribution in [0.2, 0.25) is 0 Å². The second-order valence-electron chi connectivity index (χ2n) is 6.68. The summed E-state index contributed by atoms with van der Waals surface area (Å²) in [7, 11) is 0. The first-order valence-corrected chi connectivity index (χ1v) is 7.73. The normalized spacial score (nSPS) is 25.2. The lowest BCUT2D eigenvalue weighted by molar-refractivity contribution is -0.144. The molecule has 0 radical (unpaired) electrons. The number of carboxylic acid groups (broad SMARTS) is 1. The van der Waals surface area contributed by atoms with Crippen LogP contribution in [-0.4, -0.2) is 47.2 Å². The Hall–Kier alpha value is -0.610. The summed E-state index contributed by atoms with van der Waals surface area (Å²) >= 11 is 0. The molecular weight excluding hydrogens is 240 g/mol. The number of rotatable bonds is 7. The second-order valence-corrected chi connectivity index (χ2v) is 6.68. The smallest absolute Gasteiger partial charge is 0.323 e. The fourth-order valence-corrected chi connectivity index (χ4v) is 2.86. The molecule has 2 N–H and O–H groups in total. The van der Waals surface area contributed by atoms with Crippen molar-refractivity contribution in [2.45, 2.75) is 64.0 Å². The molecule has 1 atom stereocenters. The number of carbonyl (C=O) groups is 1. The Morgan fingerprint density at radius 2 is 1.95 bits per heavy atom. The van der Waals surface area contributed by atoms with Crippen LogP contribution in [0.1, 0.15) is 52.4 Å². The highest BCUT2D eigenvalue weighted by atomic mass is 16.4. The van der Waals surface area contributed by atoms with E-state index in [1.54, 1.807) is 0 Å².